The summed E-state index contributed by atoms with van der Waals surface area (Å²) in [6.07, 6.45) is 5.48. The van der Waals surface area contributed by atoms with Gasteiger partial charge in [-0.2, -0.15) is 4.98 Å². The zero-order chi connectivity index (χ0) is 21.2. The smallest absolute Gasteiger partial charge is 0.229 e. The Kier molecular flexibility index (Phi) is 5.40. The summed E-state index contributed by atoms with van der Waals surface area (Å²) in [6.45, 7) is 4.09. The van der Waals surface area contributed by atoms with Crippen LogP contribution < -0.4 is 15.5 Å². The molecule has 0 bridgehead atoms. The van der Waals surface area contributed by atoms with Gasteiger partial charge in [0.2, 0.25) is 5.95 Å². The van der Waals surface area contributed by atoms with Crippen molar-refractivity contribution < 1.29 is 4.21 Å². The zero-order valence-electron chi connectivity index (χ0n) is 17.3. The van der Waals surface area contributed by atoms with E-state index in [0.29, 0.717) is 5.95 Å². The molecule has 1 unspecified atom stereocenters. The van der Waals surface area contributed by atoms with E-state index >= 15 is 0 Å². The second kappa shape index (κ2) is 8.49. The van der Waals surface area contributed by atoms with Crippen LogP contribution in [0.25, 0.3) is 16.7 Å². The molecular weight excluding hydrogens is 408 g/mol. The molecule has 1 aliphatic heterocycles. The SMILES string of the molecule is CS(=O)c1ccc(-n2ccc3cnc(Nc4ccc(N5CCNCC5)cc4)nc32)cc1. The molecular formula is C23H24N6OS. The topological polar surface area (TPSA) is 75.1 Å². The minimum Gasteiger partial charge on any atom is -0.369 e. The average Bonchev–Trinajstić information content (AvgIpc) is 3.23. The number of piperazine rings is 1. The minimum absolute atomic E-state index is 0.550. The first-order valence-corrected chi connectivity index (χ1v) is 11.8. The highest BCUT2D eigenvalue weighted by molar-refractivity contribution is 7.84. The van der Waals surface area contributed by atoms with Gasteiger partial charge in [-0.3, -0.25) is 4.21 Å². The van der Waals surface area contributed by atoms with E-state index in [1.807, 2.05) is 47.3 Å². The molecule has 31 heavy (non-hydrogen) atoms. The molecule has 0 spiro atoms. The Hall–Kier alpha value is -3.23. The van der Waals surface area contributed by atoms with E-state index in [9.17, 15) is 4.21 Å². The van der Waals surface area contributed by atoms with Crippen molar-refractivity contribution in [1.29, 1.82) is 0 Å². The van der Waals surface area contributed by atoms with E-state index in [2.05, 4.69) is 44.8 Å². The number of benzene rings is 2. The normalized spacial score (nSPS) is 15.2. The largest absolute Gasteiger partial charge is 0.369 e. The van der Waals surface area contributed by atoms with E-state index in [4.69, 9.17) is 4.98 Å². The Labute approximate surface area is 183 Å². The lowest BCUT2D eigenvalue weighted by molar-refractivity contribution is 0.589. The lowest BCUT2D eigenvalue weighted by Crippen LogP contribution is -2.43. The summed E-state index contributed by atoms with van der Waals surface area (Å²) < 4.78 is 13.7. The summed E-state index contributed by atoms with van der Waals surface area (Å²) in [5, 5.41) is 7.65. The van der Waals surface area contributed by atoms with Crippen molar-refractivity contribution in [2.24, 2.45) is 0 Å². The fourth-order valence-electron chi connectivity index (χ4n) is 3.79. The summed E-state index contributed by atoms with van der Waals surface area (Å²) in [5.41, 5.74) is 3.97. The van der Waals surface area contributed by atoms with Crippen LogP contribution in [0.15, 0.2) is 71.9 Å². The molecule has 2 N–H and O–H groups in total. The fourth-order valence-corrected chi connectivity index (χ4v) is 4.31. The maximum Gasteiger partial charge on any atom is 0.229 e. The second-order valence-electron chi connectivity index (χ2n) is 7.52. The molecule has 5 rings (SSSR count). The highest BCUT2D eigenvalue weighted by atomic mass is 32.2. The third-order valence-corrected chi connectivity index (χ3v) is 6.42. The number of rotatable bonds is 5. The molecule has 3 heterocycles. The van der Waals surface area contributed by atoms with Crippen LogP contribution in [0.4, 0.5) is 17.3 Å². The van der Waals surface area contributed by atoms with Crippen LogP contribution in [0, 0.1) is 0 Å². The Balaban J connectivity index is 1.38. The summed E-state index contributed by atoms with van der Waals surface area (Å²) in [6, 6.07) is 18.1. The minimum atomic E-state index is -0.992. The quantitative estimate of drug-likeness (QED) is 0.504. The van der Waals surface area contributed by atoms with Gasteiger partial charge < -0.3 is 20.1 Å². The van der Waals surface area contributed by atoms with Crippen LogP contribution in [0.5, 0.6) is 0 Å². The van der Waals surface area contributed by atoms with Gasteiger partial charge in [0.15, 0.2) is 0 Å². The number of aromatic nitrogens is 3. The van der Waals surface area contributed by atoms with Crippen molar-refractivity contribution in [3.63, 3.8) is 0 Å². The van der Waals surface area contributed by atoms with Crippen molar-refractivity contribution in [3.05, 3.63) is 67.0 Å². The third-order valence-electron chi connectivity index (χ3n) is 5.48. The molecule has 4 aromatic rings. The number of nitrogens with one attached hydrogen (secondary N) is 2. The average molecular weight is 433 g/mol. The highest BCUT2D eigenvalue weighted by Crippen LogP contribution is 2.23. The number of fused-ring (bicyclic) bond motifs is 1. The van der Waals surface area contributed by atoms with Gasteiger partial charge in [0, 0.05) is 83.0 Å². The van der Waals surface area contributed by atoms with E-state index in [0.717, 1.165) is 53.5 Å². The van der Waals surface area contributed by atoms with Gasteiger partial charge in [0.05, 0.1) is 0 Å². The van der Waals surface area contributed by atoms with Gasteiger partial charge >= 0.3 is 0 Å². The molecule has 158 valence electrons. The van der Waals surface area contributed by atoms with Gasteiger partial charge in [-0.1, -0.05) is 0 Å². The predicted molar refractivity (Wildman–Crippen MR) is 126 cm³/mol. The molecule has 1 aliphatic rings. The van der Waals surface area contributed by atoms with E-state index in [1.165, 1.54) is 5.69 Å². The molecule has 0 saturated carbocycles. The lowest BCUT2D eigenvalue weighted by Gasteiger charge is -2.29. The zero-order valence-corrected chi connectivity index (χ0v) is 18.1. The van der Waals surface area contributed by atoms with Gasteiger partial charge in [-0.15, -0.1) is 0 Å². The monoisotopic (exact) mass is 432 g/mol. The van der Waals surface area contributed by atoms with Crippen LogP contribution in [-0.2, 0) is 10.8 Å². The number of hydrogen-bond acceptors (Lipinski definition) is 6. The molecule has 2 aromatic heterocycles. The first kappa shape index (κ1) is 19.7. The Bertz CT molecular complexity index is 1210. The highest BCUT2D eigenvalue weighted by Gasteiger charge is 2.11. The van der Waals surface area contributed by atoms with E-state index < -0.39 is 10.8 Å². The van der Waals surface area contributed by atoms with Crippen molar-refractivity contribution >= 4 is 39.2 Å². The molecule has 0 radical (unpaired) electrons. The molecule has 0 aliphatic carbocycles. The van der Waals surface area contributed by atoms with Gasteiger partial charge in [0.1, 0.15) is 5.65 Å². The predicted octanol–water partition coefficient (Wildman–Crippen LogP) is 3.31. The van der Waals surface area contributed by atoms with Crippen molar-refractivity contribution in [1.82, 2.24) is 19.9 Å². The molecule has 2 aromatic carbocycles. The van der Waals surface area contributed by atoms with E-state index in [1.54, 1.807) is 6.26 Å². The summed E-state index contributed by atoms with van der Waals surface area (Å²) in [5.74, 6) is 0.550. The second-order valence-corrected chi connectivity index (χ2v) is 8.89. The molecule has 1 fully saturated rings. The van der Waals surface area contributed by atoms with Crippen molar-refractivity contribution in [2.45, 2.75) is 4.90 Å². The van der Waals surface area contributed by atoms with Gasteiger partial charge in [0.25, 0.3) is 0 Å². The number of hydrogen-bond donors (Lipinski definition) is 2. The van der Waals surface area contributed by atoms with E-state index in [-0.39, 0.29) is 0 Å². The van der Waals surface area contributed by atoms with Crippen molar-refractivity contribution in [2.75, 3.05) is 42.7 Å². The summed E-state index contributed by atoms with van der Waals surface area (Å²) in [7, 11) is -0.992. The van der Waals surface area contributed by atoms with Gasteiger partial charge in [-0.25, -0.2) is 4.98 Å². The summed E-state index contributed by atoms with van der Waals surface area (Å²) >= 11 is 0. The van der Waals surface area contributed by atoms with Crippen LogP contribution in [0.1, 0.15) is 0 Å². The lowest BCUT2D eigenvalue weighted by atomic mass is 10.2. The molecule has 7 nitrogen and oxygen atoms in total. The summed E-state index contributed by atoms with van der Waals surface area (Å²) in [4.78, 5) is 12.4. The van der Waals surface area contributed by atoms with Crippen LogP contribution >= 0.6 is 0 Å². The Morgan fingerprint density at radius 1 is 0.968 bits per heavy atom. The van der Waals surface area contributed by atoms with Gasteiger partial charge in [-0.05, 0) is 54.6 Å². The third kappa shape index (κ3) is 4.17. The van der Waals surface area contributed by atoms with Crippen LogP contribution in [0.3, 0.4) is 0 Å². The van der Waals surface area contributed by atoms with Crippen molar-refractivity contribution in [3.8, 4) is 5.69 Å². The molecule has 1 atom stereocenters. The molecule has 1 saturated heterocycles. The standard InChI is InChI=1S/C23H24N6OS/c1-31(30)21-8-6-20(7-9-21)29-13-10-17-16-25-23(27-22(17)29)26-18-2-4-19(5-3-18)28-14-11-24-12-15-28/h2-10,13,16,24H,11-12,14-15H2,1H3,(H,25,26,27). The maximum absolute atomic E-state index is 11.7. The van der Waals surface area contributed by atoms with Crippen LogP contribution in [-0.4, -0.2) is 51.2 Å². The Morgan fingerprint density at radius 2 is 1.68 bits per heavy atom. The molecule has 0 amide bonds. The fraction of sp³-hybridized carbons (Fsp3) is 0.217. The first-order chi connectivity index (χ1) is 15.2. The Morgan fingerprint density at radius 3 is 2.39 bits per heavy atom. The number of nitrogens with zero attached hydrogens (tertiary/aromatic N) is 4. The maximum atomic E-state index is 11.7. The van der Waals surface area contributed by atoms with Crippen LogP contribution in [0.2, 0.25) is 0 Å². The number of anilines is 3. The molecule has 8 heteroatoms. The first-order valence-electron chi connectivity index (χ1n) is 10.3.